The SMILES string of the molecule is CCOC(=O)c1c(C)[nH]c(/C=N/n2c(C)nc3sccc3c2=O)c1C. The molecule has 0 aliphatic rings. The lowest BCUT2D eigenvalue weighted by Crippen LogP contribution is -2.19. The molecule has 0 aliphatic carbocycles. The van der Waals surface area contributed by atoms with E-state index in [1.807, 2.05) is 12.3 Å². The van der Waals surface area contributed by atoms with Crippen LogP contribution in [0.25, 0.3) is 10.2 Å². The Morgan fingerprint density at radius 3 is 2.92 bits per heavy atom. The van der Waals surface area contributed by atoms with Gasteiger partial charge in [-0.2, -0.15) is 9.78 Å². The van der Waals surface area contributed by atoms with Gasteiger partial charge in [0.15, 0.2) is 0 Å². The molecule has 8 heteroatoms. The molecule has 130 valence electrons. The van der Waals surface area contributed by atoms with Gasteiger partial charge in [-0.3, -0.25) is 4.79 Å². The molecule has 25 heavy (non-hydrogen) atoms. The summed E-state index contributed by atoms with van der Waals surface area (Å²) in [5, 5.41) is 6.63. The van der Waals surface area contributed by atoms with Gasteiger partial charge in [0.1, 0.15) is 10.7 Å². The average molecular weight is 358 g/mol. The van der Waals surface area contributed by atoms with Crippen molar-refractivity contribution in [3.05, 3.63) is 50.1 Å². The van der Waals surface area contributed by atoms with Gasteiger partial charge < -0.3 is 9.72 Å². The largest absolute Gasteiger partial charge is 0.462 e. The summed E-state index contributed by atoms with van der Waals surface area (Å²) in [5.74, 6) is 0.130. The zero-order valence-electron chi connectivity index (χ0n) is 14.4. The van der Waals surface area contributed by atoms with Crippen molar-refractivity contribution >= 4 is 33.7 Å². The molecule has 0 aromatic carbocycles. The van der Waals surface area contributed by atoms with E-state index in [1.165, 1.54) is 22.2 Å². The van der Waals surface area contributed by atoms with Gasteiger partial charge in [0.25, 0.3) is 5.56 Å². The first-order valence-corrected chi connectivity index (χ1v) is 8.69. The number of thiophene rings is 1. The Labute approximate surface area is 148 Å². The zero-order valence-corrected chi connectivity index (χ0v) is 15.2. The second-order valence-electron chi connectivity index (χ2n) is 5.54. The summed E-state index contributed by atoms with van der Waals surface area (Å²) in [6.45, 7) is 7.42. The molecule has 0 unspecified atom stereocenters. The van der Waals surface area contributed by atoms with Gasteiger partial charge in [0.05, 0.1) is 29.5 Å². The van der Waals surface area contributed by atoms with E-state index in [9.17, 15) is 9.59 Å². The fourth-order valence-corrected chi connectivity index (χ4v) is 3.47. The van der Waals surface area contributed by atoms with Gasteiger partial charge in [0, 0.05) is 5.69 Å². The molecule has 0 fully saturated rings. The highest BCUT2D eigenvalue weighted by atomic mass is 32.1. The summed E-state index contributed by atoms with van der Waals surface area (Å²) in [5.41, 5.74) is 2.37. The second-order valence-corrected chi connectivity index (χ2v) is 6.44. The van der Waals surface area contributed by atoms with Crippen molar-refractivity contribution in [2.24, 2.45) is 5.10 Å². The predicted octanol–water partition coefficient (Wildman–Crippen LogP) is 2.77. The highest BCUT2D eigenvalue weighted by molar-refractivity contribution is 7.16. The molecule has 3 rings (SSSR count). The Morgan fingerprint density at radius 2 is 2.20 bits per heavy atom. The number of H-pyrrole nitrogens is 1. The maximum absolute atomic E-state index is 12.5. The molecule has 0 spiro atoms. The van der Waals surface area contributed by atoms with Crippen LogP contribution in [0.2, 0.25) is 0 Å². The third kappa shape index (κ3) is 3.00. The molecule has 7 nitrogen and oxygen atoms in total. The minimum atomic E-state index is -0.372. The van der Waals surface area contributed by atoms with E-state index in [4.69, 9.17) is 4.74 Å². The summed E-state index contributed by atoms with van der Waals surface area (Å²) in [6.07, 6.45) is 1.53. The number of carbonyl (C=O) groups excluding carboxylic acids is 1. The van der Waals surface area contributed by atoms with Crippen LogP contribution in [0.1, 0.15) is 40.1 Å². The normalized spacial score (nSPS) is 11.5. The smallest absolute Gasteiger partial charge is 0.340 e. The molecule has 1 N–H and O–H groups in total. The molecule has 0 bridgehead atoms. The van der Waals surface area contributed by atoms with Gasteiger partial charge in [-0.05, 0) is 44.7 Å². The van der Waals surface area contributed by atoms with E-state index in [1.54, 1.807) is 26.8 Å². The lowest BCUT2D eigenvalue weighted by atomic mass is 10.1. The maximum Gasteiger partial charge on any atom is 0.340 e. The molecule has 0 saturated carbocycles. The summed E-state index contributed by atoms with van der Waals surface area (Å²) in [4.78, 5) is 32.8. The van der Waals surface area contributed by atoms with Crippen LogP contribution in [0.15, 0.2) is 21.3 Å². The van der Waals surface area contributed by atoms with Gasteiger partial charge >= 0.3 is 5.97 Å². The fourth-order valence-electron chi connectivity index (χ4n) is 2.67. The number of nitrogens with one attached hydrogen (secondary N) is 1. The summed E-state index contributed by atoms with van der Waals surface area (Å²) >= 11 is 1.42. The first kappa shape index (κ1) is 17.1. The number of nitrogens with zero attached hydrogens (tertiary/aromatic N) is 3. The lowest BCUT2D eigenvalue weighted by molar-refractivity contribution is 0.0525. The number of aromatic nitrogens is 3. The van der Waals surface area contributed by atoms with E-state index in [-0.39, 0.29) is 11.5 Å². The van der Waals surface area contributed by atoms with Crippen molar-refractivity contribution in [2.75, 3.05) is 6.61 Å². The van der Waals surface area contributed by atoms with Crippen LogP contribution in [0.4, 0.5) is 0 Å². The average Bonchev–Trinajstić information content (AvgIpc) is 3.12. The molecule has 3 aromatic heterocycles. The van der Waals surface area contributed by atoms with Crippen LogP contribution in [0, 0.1) is 20.8 Å². The van der Waals surface area contributed by atoms with Crippen molar-refractivity contribution in [1.29, 1.82) is 0 Å². The van der Waals surface area contributed by atoms with Gasteiger partial charge in [-0.25, -0.2) is 9.78 Å². The first-order chi connectivity index (χ1) is 11.9. The molecule has 0 atom stereocenters. The lowest BCUT2D eigenvalue weighted by Gasteiger charge is -2.03. The minimum absolute atomic E-state index is 0.216. The predicted molar refractivity (Wildman–Crippen MR) is 97.8 cm³/mol. The molecule has 0 saturated heterocycles. The number of ether oxygens (including phenoxy) is 1. The fraction of sp³-hybridized carbons (Fsp3) is 0.294. The molecule has 0 aliphatic heterocycles. The van der Waals surface area contributed by atoms with Crippen molar-refractivity contribution in [3.63, 3.8) is 0 Å². The Kier molecular flexibility index (Phi) is 4.54. The van der Waals surface area contributed by atoms with Crippen molar-refractivity contribution in [3.8, 4) is 0 Å². The third-order valence-electron chi connectivity index (χ3n) is 3.90. The van der Waals surface area contributed by atoms with E-state index >= 15 is 0 Å². The van der Waals surface area contributed by atoms with Crippen molar-refractivity contribution in [1.82, 2.24) is 14.6 Å². The third-order valence-corrected chi connectivity index (χ3v) is 4.70. The number of esters is 1. The topological polar surface area (TPSA) is 89.3 Å². The Bertz CT molecular complexity index is 1040. The van der Waals surface area contributed by atoms with Crippen LogP contribution in [0.3, 0.4) is 0 Å². The highest BCUT2D eigenvalue weighted by Gasteiger charge is 2.18. The summed E-state index contributed by atoms with van der Waals surface area (Å²) in [7, 11) is 0. The summed E-state index contributed by atoms with van der Waals surface area (Å²) in [6, 6.07) is 1.74. The van der Waals surface area contributed by atoms with E-state index < -0.39 is 0 Å². The van der Waals surface area contributed by atoms with Gasteiger partial charge in [-0.15, -0.1) is 11.3 Å². The molecular weight excluding hydrogens is 340 g/mol. The number of carbonyl (C=O) groups is 1. The van der Waals surface area contributed by atoms with Gasteiger partial charge in [0.2, 0.25) is 0 Å². The molecule has 0 radical (unpaired) electrons. The number of hydrogen-bond acceptors (Lipinski definition) is 6. The minimum Gasteiger partial charge on any atom is -0.462 e. The van der Waals surface area contributed by atoms with E-state index in [0.717, 1.165) is 5.56 Å². The number of aryl methyl sites for hydroxylation is 2. The van der Waals surface area contributed by atoms with E-state index in [0.29, 0.717) is 39.6 Å². The zero-order chi connectivity index (χ0) is 18.1. The van der Waals surface area contributed by atoms with Crippen molar-refractivity contribution < 1.29 is 9.53 Å². The van der Waals surface area contributed by atoms with Crippen LogP contribution >= 0.6 is 11.3 Å². The molecule has 3 aromatic rings. The van der Waals surface area contributed by atoms with Crippen LogP contribution in [-0.4, -0.2) is 33.4 Å². The Balaban J connectivity index is 2.02. The first-order valence-electron chi connectivity index (χ1n) is 7.81. The highest BCUT2D eigenvalue weighted by Crippen LogP contribution is 2.18. The van der Waals surface area contributed by atoms with Crippen LogP contribution in [-0.2, 0) is 4.74 Å². The second kappa shape index (κ2) is 6.64. The number of aromatic amines is 1. The number of hydrogen-bond donors (Lipinski definition) is 1. The molecule has 0 amide bonds. The summed E-state index contributed by atoms with van der Waals surface area (Å²) < 4.78 is 6.33. The molecule has 3 heterocycles. The van der Waals surface area contributed by atoms with E-state index in [2.05, 4.69) is 15.1 Å². The Morgan fingerprint density at radius 1 is 1.44 bits per heavy atom. The molecular formula is C17H18N4O3S. The Hall–Kier alpha value is -2.74. The number of rotatable bonds is 4. The van der Waals surface area contributed by atoms with Crippen molar-refractivity contribution in [2.45, 2.75) is 27.7 Å². The quantitative estimate of drug-likeness (QED) is 0.574. The standard InChI is InChI=1S/C17H18N4O3S/c1-5-24-17(23)14-9(2)13(19-10(14)3)8-18-21-11(4)20-15-12(16(21)22)6-7-25-15/h6-8,19H,5H2,1-4H3/b18-8+. The monoisotopic (exact) mass is 358 g/mol. The van der Waals surface area contributed by atoms with Gasteiger partial charge in [-0.1, -0.05) is 0 Å². The van der Waals surface area contributed by atoms with Crippen LogP contribution < -0.4 is 5.56 Å². The number of fused-ring (bicyclic) bond motifs is 1. The maximum atomic E-state index is 12.5. The van der Waals surface area contributed by atoms with Crippen LogP contribution in [0.5, 0.6) is 0 Å².